The number of nitrogens with two attached hydrogens (primary N) is 1. The Morgan fingerprint density at radius 2 is 1.90 bits per heavy atom. The molecule has 0 radical (unpaired) electrons. The van der Waals surface area contributed by atoms with Crippen molar-refractivity contribution in [3.05, 3.63) is 35.9 Å². The van der Waals surface area contributed by atoms with Crippen LogP contribution in [0.3, 0.4) is 0 Å². The number of carbonyl (C=O) groups excluding carboxylic acids is 1. The van der Waals surface area contributed by atoms with E-state index >= 15 is 0 Å². The average Bonchev–Trinajstić information content (AvgIpc) is 2.44. The molecule has 1 amide bonds. The average molecular weight is 390 g/mol. The number of amides is 1. The summed E-state index contributed by atoms with van der Waals surface area (Å²) in [5, 5.41) is 5.73. The Labute approximate surface area is 137 Å². The molecule has 0 saturated heterocycles. The highest BCUT2D eigenvalue weighted by molar-refractivity contribution is 14.0. The van der Waals surface area contributed by atoms with Gasteiger partial charge in [0.2, 0.25) is 5.91 Å². The number of guanidine groups is 1. The zero-order valence-corrected chi connectivity index (χ0v) is 14.1. The van der Waals surface area contributed by atoms with Gasteiger partial charge in [0, 0.05) is 13.1 Å². The van der Waals surface area contributed by atoms with Crippen LogP contribution in [0, 0.1) is 0 Å². The first-order valence-corrected chi connectivity index (χ1v) is 6.56. The van der Waals surface area contributed by atoms with Crippen LogP contribution in [0.4, 0.5) is 0 Å². The number of aliphatic imine (C=N–C) groups is 1. The molecule has 0 spiro atoms. The fourth-order valence-electron chi connectivity index (χ4n) is 1.51. The first kappa shape index (κ1) is 18.7. The van der Waals surface area contributed by atoms with Crippen LogP contribution in [-0.2, 0) is 11.2 Å². The van der Waals surface area contributed by atoms with Crippen LogP contribution in [0.15, 0.2) is 35.3 Å². The molecule has 112 valence electrons. The number of hydrogen-bond acceptors (Lipinski definition) is 2. The number of nitrogens with zero attached hydrogens (tertiary/aromatic N) is 1. The summed E-state index contributed by atoms with van der Waals surface area (Å²) < 4.78 is 0. The van der Waals surface area contributed by atoms with Gasteiger partial charge in [-0.15, -0.1) is 24.0 Å². The van der Waals surface area contributed by atoms with Gasteiger partial charge in [-0.25, -0.2) is 4.99 Å². The van der Waals surface area contributed by atoms with Crippen molar-refractivity contribution >= 4 is 35.8 Å². The maximum Gasteiger partial charge on any atom is 0.241 e. The van der Waals surface area contributed by atoms with Crippen LogP contribution in [0.2, 0.25) is 0 Å². The molecular weight excluding hydrogens is 367 g/mol. The molecular formula is C14H23IN4O. The molecule has 5 nitrogen and oxygen atoms in total. The number of halogens is 1. The Morgan fingerprint density at radius 1 is 1.20 bits per heavy atom. The van der Waals surface area contributed by atoms with Gasteiger partial charge in [-0.3, -0.25) is 4.79 Å². The predicted octanol–water partition coefficient (Wildman–Crippen LogP) is 1.28. The van der Waals surface area contributed by atoms with Crippen molar-refractivity contribution in [2.75, 3.05) is 19.6 Å². The molecule has 6 heteroatoms. The molecule has 4 N–H and O–H groups in total. The first-order valence-electron chi connectivity index (χ1n) is 6.56. The van der Waals surface area contributed by atoms with Crippen LogP contribution in [0.1, 0.15) is 18.9 Å². The highest BCUT2D eigenvalue weighted by Gasteiger charge is 2.00. The number of carbonyl (C=O) groups is 1. The summed E-state index contributed by atoms with van der Waals surface area (Å²) in [5.74, 6) is 0.206. The van der Waals surface area contributed by atoms with E-state index in [1.165, 1.54) is 5.56 Å². The summed E-state index contributed by atoms with van der Waals surface area (Å²) in [6, 6.07) is 10.0. The van der Waals surface area contributed by atoms with E-state index in [2.05, 4.69) is 15.6 Å². The second-order valence-corrected chi connectivity index (χ2v) is 4.21. The molecule has 0 unspecified atom stereocenters. The lowest BCUT2D eigenvalue weighted by molar-refractivity contribution is -0.119. The fraction of sp³-hybridized carbons (Fsp3) is 0.429. The molecule has 1 aromatic carbocycles. The molecule has 0 aliphatic heterocycles. The van der Waals surface area contributed by atoms with Gasteiger partial charge in [0.25, 0.3) is 0 Å². The second kappa shape index (κ2) is 11.5. The maximum atomic E-state index is 11.5. The van der Waals surface area contributed by atoms with E-state index in [0.717, 1.165) is 19.4 Å². The number of hydrogen-bond donors (Lipinski definition) is 3. The van der Waals surface area contributed by atoms with Crippen molar-refractivity contribution in [3.8, 4) is 0 Å². The summed E-state index contributed by atoms with van der Waals surface area (Å²) in [5.41, 5.74) is 6.79. The van der Waals surface area contributed by atoms with Gasteiger partial charge in [-0.05, 0) is 18.4 Å². The van der Waals surface area contributed by atoms with Crippen LogP contribution in [0.25, 0.3) is 0 Å². The van der Waals surface area contributed by atoms with Gasteiger partial charge in [0.15, 0.2) is 5.96 Å². The lowest BCUT2D eigenvalue weighted by atomic mass is 10.1. The maximum absolute atomic E-state index is 11.5. The van der Waals surface area contributed by atoms with Gasteiger partial charge < -0.3 is 16.4 Å². The normalized spacial score (nSPS) is 10.6. The first-order chi connectivity index (χ1) is 9.22. The van der Waals surface area contributed by atoms with Crippen molar-refractivity contribution in [2.45, 2.75) is 19.8 Å². The Morgan fingerprint density at radius 3 is 2.55 bits per heavy atom. The minimum atomic E-state index is -0.114. The van der Waals surface area contributed by atoms with E-state index in [0.29, 0.717) is 12.5 Å². The minimum absolute atomic E-state index is 0. The monoisotopic (exact) mass is 390 g/mol. The SMILES string of the molecule is CCCNC(N)=NCC(=O)NCCc1ccccc1.I. The molecule has 0 saturated carbocycles. The van der Waals surface area contributed by atoms with Gasteiger partial charge >= 0.3 is 0 Å². The fourth-order valence-corrected chi connectivity index (χ4v) is 1.51. The standard InChI is InChI=1S/C14H22N4O.HI/c1-2-9-17-14(15)18-11-13(19)16-10-8-12-6-4-3-5-7-12;/h3-7H,2,8-11H2,1H3,(H,16,19)(H3,15,17,18);1H. The van der Waals surface area contributed by atoms with Crippen molar-refractivity contribution < 1.29 is 4.79 Å². The number of rotatable bonds is 7. The summed E-state index contributed by atoms with van der Waals surface area (Å²) in [4.78, 5) is 15.5. The lowest BCUT2D eigenvalue weighted by Gasteiger charge is -2.05. The Kier molecular flexibility index (Phi) is 10.8. The van der Waals surface area contributed by atoms with Crippen molar-refractivity contribution in [3.63, 3.8) is 0 Å². The van der Waals surface area contributed by atoms with E-state index in [9.17, 15) is 4.79 Å². The molecule has 20 heavy (non-hydrogen) atoms. The van der Waals surface area contributed by atoms with Gasteiger partial charge in [0.05, 0.1) is 0 Å². The number of nitrogens with one attached hydrogen (secondary N) is 2. The van der Waals surface area contributed by atoms with Crippen molar-refractivity contribution in [2.24, 2.45) is 10.7 Å². The minimum Gasteiger partial charge on any atom is -0.370 e. The van der Waals surface area contributed by atoms with Crippen LogP contribution in [-0.4, -0.2) is 31.5 Å². The third-order valence-corrected chi connectivity index (χ3v) is 2.53. The zero-order valence-electron chi connectivity index (χ0n) is 11.8. The summed E-state index contributed by atoms with van der Waals surface area (Å²) in [7, 11) is 0. The highest BCUT2D eigenvalue weighted by Crippen LogP contribution is 1.97. The van der Waals surface area contributed by atoms with E-state index in [4.69, 9.17) is 5.73 Å². The van der Waals surface area contributed by atoms with E-state index in [-0.39, 0.29) is 36.4 Å². The summed E-state index contributed by atoms with van der Waals surface area (Å²) >= 11 is 0. The van der Waals surface area contributed by atoms with Gasteiger partial charge in [-0.2, -0.15) is 0 Å². The smallest absolute Gasteiger partial charge is 0.241 e. The van der Waals surface area contributed by atoms with Crippen molar-refractivity contribution in [1.29, 1.82) is 0 Å². The largest absolute Gasteiger partial charge is 0.370 e. The molecule has 0 bridgehead atoms. The Hall–Kier alpha value is -1.31. The second-order valence-electron chi connectivity index (χ2n) is 4.21. The van der Waals surface area contributed by atoms with Crippen molar-refractivity contribution in [1.82, 2.24) is 10.6 Å². The van der Waals surface area contributed by atoms with Crippen LogP contribution < -0.4 is 16.4 Å². The van der Waals surface area contributed by atoms with Crippen LogP contribution in [0.5, 0.6) is 0 Å². The summed E-state index contributed by atoms with van der Waals surface area (Å²) in [6.07, 6.45) is 1.79. The third kappa shape index (κ3) is 8.73. The molecule has 0 atom stereocenters. The highest BCUT2D eigenvalue weighted by atomic mass is 127. The van der Waals surface area contributed by atoms with E-state index in [1.807, 2.05) is 37.3 Å². The summed E-state index contributed by atoms with van der Waals surface area (Å²) in [6.45, 7) is 3.49. The van der Waals surface area contributed by atoms with Gasteiger partial charge in [-0.1, -0.05) is 37.3 Å². The molecule has 0 heterocycles. The molecule has 1 rings (SSSR count). The topological polar surface area (TPSA) is 79.5 Å². The zero-order chi connectivity index (χ0) is 13.9. The number of benzene rings is 1. The molecule has 0 aliphatic rings. The van der Waals surface area contributed by atoms with Gasteiger partial charge in [0.1, 0.15) is 6.54 Å². The molecule has 1 aromatic rings. The molecule has 0 fully saturated rings. The lowest BCUT2D eigenvalue weighted by Crippen LogP contribution is -2.34. The van der Waals surface area contributed by atoms with E-state index < -0.39 is 0 Å². The van der Waals surface area contributed by atoms with E-state index in [1.54, 1.807) is 0 Å². The quantitative estimate of drug-likeness (QED) is 0.373. The Balaban J connectivity index is 0.00000361. The third-order valence-electron chi connectivity index (χ3n) is 2.53. The Bertz CT molecular complexity index is 409. The molecule has 0 aliphatic carbocycles. The molecule has 0 aromatic heterocycles. The van der Waals surface area contributed by atoms with Crippen LogP contribution >= 0.6 is 24.0 Å². The predicted molar refractivity (Wildman–Crippen MR) is 93.4 cm³/mol.